The molecule has 6 heteroatoms. The number of nitrogens with one attached hydrogen (secondary N) is 1. The van der Waals surface area contributed by atoms with Crippen molar-refractivity contribution < 1.29 is 23.4 Å². The second-order valence-electron chi connectivity index (χ2n) is 4.53. The minimum atomic E-state index is -2.88. The lowest BCUT2D eigenvalue weighted by molar-refractivity contribution is -0.0512. The van der Waals surface area contributed by atoms with Crippen molar-refractivity contribution in [2.45, 2.75) is 39.0 Å². The van der Waals surface area contributed by atoms with Crippen molar-refractivity contribution in [1.82, 2.24) is 5.32 Å². The van der Waals surface area contributed by atoms with E-state index in [1.807, 2.05) is 0 Å². The highest BCUT2D eigenvalue weighted by atomic mass is 19.3. The number of methoxy groups -OCH3 is 1. The van der Waals surface area contributed by atoms with Gasteiger partial charge in [0.15, 0.2) is 11.5 Å². The molecule has 0 aliphatic rings. The smallest absolute Gasteiger partial charge is 0.387 e. The number of ether oxygens (including phenoxy) is 2. The van der Waals surface area contributed by atoms with Gasteiger partial charge in [-0.2, -0.15) is 8.78 Å². The van der Waals surface area contributed by atoms with Gasteiger partial charge in [0.25, 0.3) is 0 Å². The molecule has 0 saturated heterocycles. The number of hydrogen-bond acceptors (Lipinski definition) is 4. The van der Waals surface area contributed by atoms with Gasteiger partial charge in [-0.15, -0.1) is 0 Å². The van der Waals surface area contributed by atoms with Crippen LogP contribution < -0.4 is 14.8 Å². The molecular formula is C14H21F2NO3. The Morgan fingerprint density at radius 2 is 2.05 bits per heavy atom. The molecule has 1 atom stereocenters. The summed E-state index contributed by atoms with van der Waals surface area (Å²) in [6.45, 7) is 0.168. The molecule has 0 spiro atoms. The van der Waals surface area contributed by atoms with Crippen LogP contribution in [0.2, 0.25) is 0 Å². The third-order valence-electron chi connectivity index (χ3n) is 2.75. The first kappa shape index (κ1) is 16.7. The molecule has 0 saturated carbocycles. The lowest BCUT2D eigenvalue weighted by atomic mass is 10.2. The molecular weight excluding hydrogens is 268 g/mol. The summed E-state index contributed by atoms with van der Waals surface area (Å²) in [5.74, 6) is 0.314. The maximum atomic E-state index is 12.3. The largest absolute Gasteiger partial charge is 0.493 e. The average Bonchev–Trinajstić information content (AvgIpc) is 2.37. The molecule has 20 heavy (non-hydrogen) atoms. The number of halogens is 2. The van der Waals surface area contributed by atoms with Gasteiger partial charge in [-0.05, 0) is 44.0 Å². The first-order valence-corrected chi connectivity index (χ1v) is 6.53. The molecule has 4 nitrogen and oxygen atoms in total. The van der Waals surface area contributed by atoms with E-state index in [0.29, 0.717) is 6.54 Å². The van der Waals surface area contributed by atoms with Crippen molar-refractivity contribution in [3.63, 3.8) is 0 Å². The van der Waals surface area contributed by atoms with Gasteiger partial charge in [-0.3, -0.25) is 0 Å². The Morgan fingerprint density at radius 3 is 2.65 bits per heavy atom. The average molecular weight is 289 g/mol. The molecule has 0 amide bonds. The number of hydrogen-bond donors (Lipinski definition) is 2. The molecule has 0 aromatic heterocycles. The van der Waals surface area contributed by atoms with Crippen LogP contribution in [0.3, 0.4) is 0 Å². The minimum absolute atomic E-state index is 0.0331. The molecule has 0 bridgehead atoms. The van der Waals surface area contributed by atoms with Gasteiger partial charge in [0, 0.05) is 6.54 Å². The van der Waals surface area contributed by atoms with E-state index >= 15 is 0 Å². The van der Waals surface area contributed by atoms with E-state index in [1.165, 1.54) is 13.2 Å². The van der Waals surface area contributed by atoms with Crippen LogP contribution in [-0.2, 0) is 6.54 Å². The summed E-state index contributed by atoms with van der Waals surface area (Å²) >= 11 is 0. The van der Waals surface area contributed by atoms with Crippen molar-refractivity contribution >= 4 is 0 Å². The highest BCUT2D eigenvalue weighted by molar-refractivity contribution is 5.42. The Labute approximate surface area is 117 Å². The molecule has 0 aliphatic heterocycles. The van der Waals surface area contributed by atoms with Gasteiger partial charge in [0.1, 0.15) is 0 Å². The Kier molecular flexibility index (Phi) is 7.25. The van der Waals surface area contributed by atoms with E-state index in [1.54, 1.807) is 19.1 Å². The predicted molar refractivity (Wildman–Crippen MR) is 72.2 cm³/mol. The van der Waals surface area contributed by atoms with E-state index < -0.39 is 6.61 Å². The normalized spacial score (nSPS) is 12.5. The van der Waals surface area contributed by atoms with E-state index in [2.05, 4.69) is 10.1 Å². The topological polar surface area (TPSA) is 50.7 Å². The molecule has 1 aromatic carbocycles. The Hall–Kier alpha value is -1.40. The number of aliphatic hydroxyl groups excluding tert-OH is 1. The Balaban J connectivity index is 2.49. The zero-order chi connectivity index (χ0) is 15.0. The van der Waals surface area contributed by atoms with Gasteiger partial charge in [0.2, 0.25) is 0 Å². The number of rotatable bonds is 9. The fourth-order valence-corrected chi connectivity index (χ4v) is 1.77. The number of benzene rings is 1. The lowest BCUT2D eigenvalue weighted by Crippen LogP contribution is -2.16. The molecule has 0 fully saturated rings. The van der Waals surface area contributed by atoms with Crippen molar-refractivity contribution in [2.75, 3.05) is 13.7 Å². The number of alkyl halides is 2. The van der Waals surface area contributed by atoms with Crippen LogP contribution >= 0.6 is 0 Å². The highest BCUT2D eigenvalue weighted by Gasteiger charge is 2.11. The SMILES string of the molecule is COc1ccc(CNCCCC(C)O)cc1OC(F)F. The first-order valence-electron chi connectivity index (χ1n) is 6.53. The summed E-state index contributed by atoms with van der Waals surface area (Å²) in [6.07, 6.45) is 1.28. The molecule has 114 valence electrons. The minimum Gasteiger partial charge on any atom is -0.493 e. The Bertz CT molecular complexity index is 400. The second-order valence-corrected chi connectivity index (χ2v) is 4.53. The lowest BCUT2D eigenvalue weighted by Gasteiger charge is -2.12. The van der Waals surface area contributed by atoms with Crippen LogP contribution in [0.4, 0.5) is 8.78 Å². The Morgan fingerprint density at radius 1 is 1.30 bits per heavy atom. The van der Waals surface area contributed by atoms with Crippen molar-refractivity contribution in [3.8, 4) is 11.5 Å². The molecule has 1 rings (SSSR count). The number of aliphatic hydroxyl groups is 1. The van der Waals surface area contributed by atoms with E-state index in [4.69, 9.17) is 9.84 Å². The first-order chi connectivity index (χ1) is 9.52. The summed E-state index contributed by atoms with van der Waals surface area (Å²) in [5.41, 5.74) is 0.832. The van der Waals surface area contributed by atoms with Crippen molar-refractivity contribution in [2.24, 2.45) is 0 Å². The maximum Gasteiger partial charge on any atom is 0.387 e. The predicted octanol–water partition coefficient (Wildman–Crippen LogP) is 2.55. The summed E-state index contributed by atoms with van der Waals surface area (Å²) in [6, 6.07) is 4.93. The zero-order valence-electron chi connectivity index (χ0n) is 11.7. The molecule has 0 aliphatic carbocycles. The van der Waals surface area contributed by atoms with Crippen molar-refractivity contribution in [1.29, 1.82) is 0 Å². The standard InChI is InChI=1S/C14H21F2NO3/c1-10(18)4-3-7-17-9-11-5-6-12(19-2)13(8-11)20-14(15)16/h5-6,8,10,14,17-18H,3-4,7,9H2,1-2H3. The molecule has 1 aromatic rings. The van der Waals surface area contributed by atoms with Crippen LogP contribution in [0.15, 0.2) is 18.2 Å². The van der Waals surface area contributed by atoms with Crippen LogP contribution in [-0.4, -0.2) is 31.5 Å². The van der Waals surface area contributed by atoms with Gasteiger partial charge in [-0.1, -0.05) is 6.07 Å². The van der Waals surface area contributed by atoms with Gasteiger partial charge in [0.05, 0.1) is 13.2 Å². The van der Waals surface area contributed by atoms with Gasteiger partial charge in [-0.25, -0.2) is 0 Å². The quantitative estimate of drug-likeness (QED) is 0.686. The fourth-order valence-electron chi connectivity index (χ4n) is 1.77. The van der Waals surface area contributed by atoms with Gasteiger partial charge < -0.3 is 19.9 Å². The second kappa shape index (κ2) is 8.71. The van der Waals surface area contributed by atoms with Crippen LogP contribution in [0.1, 0.15) is 25.3 Å². The van der Waals surface area contributed by atoms with E-state index in [9.17, 15) is 8.78 Å². The summed E-state index contributed by atoms with van der Waals surface area (Å²) in [4.78, 5) is 0. The van der Waals surface area contributed by atoms with Crippen LogP contribution in [0, 0.1) is 0 Å². The monoisotopic (exact) mass is 289 g/mol. The molecule has 0 radical (unpaired) electrons. The summed E-state index contributed by atoms with van der Waals surface area (Å²) < 4.78 is 33.9. The fraction of sp³-hybridized carbons (Fsp3) is 0.571. The molecule has 1 unspecified atom stereocenters. The van der Waals surface area contributed by atoms with E-state index in [-0.39, 0.29) is 17.6 Å². The summed E-state index contributed by atoms with van der Waals surface area (Å²) in [5, 5.41) is 12.3. The van der Waals surface area contributed by atoms with Crippen LogP contribution in [0.5, 0.6) is 11.5 Å². The van der Waals surface area contributed by atoms with Crippen LogP contribution in [0.25, 0.3) is 0 Å². The summed E-state index contributed by atoms with van der Waals surface area (Å²) in [7, 11) is 1.40. The molecule has 2 N–H and O–H groups in total. The third-order valence-corrected chi connectivity index (χ3v) is 2.75. The third kappa shape index (κ3) is 6.16. The highest BCUT2D eigenvalue weighted by Crippen LogP contribution is 2.29. The van der Waals surface area contributed by atoms with Crippen molar-refractivity contribution in [3.05, 3.63) is 23.8 Å². The maximum absolute atomic E-state index is 12.3. The molecule has 0 heterocycles. The zero-order valence-corrected chi connectivity index (χ0v) is 11.7. The van der Waals surface area contributed by atoms with Gasteiger partial charge >= 0.3 is 6.61 Å². The van der Waals surface area contributed by atoms with E-state index in [0.717, 1.165) is 24.9 Å².